The van der Waals surface area contributed by atoms with Crippen molar-refractivity contribution in [2.75, 3.05) is 40.7 Å². The Bertz CT molecular complexity index is 3590. The van der Waals surface area contributed by atoms with Crippen molar-refractivity contribution < 1.29 is 163 Å². The first-order valence-electron chi connectivity index (χ1n) is 35.3. The predicted octanol–water partition coefficient (Wildman–Crippen LogP) is 23.1. The molecule has 0 radical (unpaired) electrons. The SMILES string of the molecule is C.C.C.CCCC1CCC(CCC(CO)CO)CC1.CCCC1CCC(CCC2COC(c3cc(F)c(C(F)(F)Oc4ccc(OC(F)(F)F)cc4)c(F)c3)OC2)CC1.COc1cc(F)c(C(F)(F)Oc2ccc(OC(F)(F)F)cc2)c(F)c1.C[CH-]C.Fc1cc(Br)cc(F)c1C(F)(F)Oc1ccc(OC(F)(F)F)cc1.[2H]CF.[Cl-].[Mg+2]. The molecule has 1 aliphatic heterocycles. The summed E-state index contributed by atoms with van der Waals surface area (Å²) in [7, 11) is 0.0904. The van der Waals surface area contributed by atoms with Gasteiger partial charge in [-0.1, -0.05) is 142 Å². The minimum Gasteiger partial charge on any atom is -1.00 e. The molecule has 6 aromatic rings. The van der Waals surface area contributed by atoms with Crippen LogP contribution >= 0.6 is 15.9 Å². The molecule has 0 atom stereocenters. The smallest absolute Gasteiger partial charge is 1.00 e. The molecule has 1 saturated heterocycles. The minimum absolute atomic E-state index is 0. The Kier molecular flexibility index (Phi) is 49.8. The second kappa shape index (κ2) is 52.6. The molecule has 0 amide bonds. The zero-order valence-electron chi connectivity index (χ0n) is 62.2. The van der Waals surface area contributed by atoms with Gasteiger partial charge in [-0.15, -0.1) is 39.5 Å². The third-order valence-electron chi connectivity index (χ3n) is 17.2. The second-order valence-electron chi connectivity index (χ2n) is 25.7. The van der Waals surface area contributed by atoms with Crippen molar-refractivity contribution in [1.82, 2.24) is 0 Å². The van der Waals surface area contributed by atoms with Gasteiger partial charge in [-0.25, -0.2) is 26.3 Å². The van der Waals surface area contributed by atoms with Crippen molar-refractivity contribution in [1.29, 1.82) is 0 Å². The number of alkyl halides is 16. The summed E-state index contributed by atoms with van der Waals surface area (Å²) in [6.07, 6.45) is -7.24. The zero-order chi connectivity index (χ0) is 83.1. The number of methoxy groups -OCH3 is 1. The van der Waals surface area contributed by atoms with Crippen LogP contribution in [0.5, 0.6) is 40.2 Å². The molecular formula is C79H98BrClF22MgO11. The van der Waals surface area contributed by atoms with E-state index in [1.54, 1.807) is 0 Å². The molecule has 115 heavy (non-hydrogen) atoms. The zero-order valence-corrected chi connectivity index (χ0v) is 65.0. The number of rotatable bonds is 26. The van der Waals surface area contributed by atoms with E-state index in [0.717, 1.165) is 92.7 Å². The molecule has 3 aliphatic rings. The molecular weight excluding hydrogens is 1680 g/mol. The Morgan fingerprint density at radius 1 is 0.435 bits per heavy atom. The van der Waals surface area contributed by atoms with E-state index in [4.69, 9.17) is 21.1 Å². The monoisotopic (exact) mass is 1780 g/mol. The molecule has 0 unspecified atom stereocenters. The van der Waals surface area contributed by atoms with E-state index in [0.29, 0.717) is 79.8 Å². The minimum atomic E-state index is -4.97. The Morgan fingerprint density at radius 3 is 0.939 bits per heavy atom. The van der Waals surface area contributed by atoms with Crippen LogP contribution in [0.25, 0.3) is 0 Å². The van der Waals surface area contributed by atoms with Crippen molar-refractivity contribution in [2.45, 2.75) is 196 Å². The molecule has 1 heterocycles. The van der Waals surface area contributed by atoms with E-state index in [2.05, 4.69) is 62.9 Å². The van der Waals surface area contributed by atoms with Crippen LogP contribution in [0.4, 0.5) is 96.6 Å². The summed E-state index contributed by atoms with van der Waals surface area (Å²) in [6, 6.07) is 12.5. The van der Waals surface area contributed by atoms with Crippen molar-refractivity contribution in [3.05, 3.63) is 177 Å². The first kappa shape index (κ1) is 109. The van der Waals surface area contributed by atoms with E-state index in [-0.39, 0.29) is 98.6 Å². The molecule has 0 bridgehead atoms. The normalized spacial score (nSPS) is 17.5. The Balaban J connectivity index is 0. The van der Waals surface area contributed by atoms with Crippen LogP contribution < -0.4 is 45.6 Å². The quantitative estimate of drug-likeness (QED) is 0.0306. The van der Waals surface area contributed by atoms with Gasteiger partial charge in [0.15, 0.2) is 6.29 Å². The fourth-order valence-electron chi connectivity index (χ4n) is 12.0. The van der Waals surface area contributed by atoms with Crippen LogP contribution in [0.3, 0.4) is 0 Å². The molecule has 11 nitrogen and oxygen atoms in total. The maximum atomic E-state index is 14.7. The summed E-state index contributed by atoms with van der Waals surface area (Å²) >= 11 is 2.74. The van der Waals surface area contributed by atoms with Crippen molar-refractivity contribution >= 4 is 39.0 Å². The molecule has 2 aliphatic carbocycles. The molecule has 650 valence electrons. The first-order chi connectivity index (χ1) is 52.0. The van der Waals surface area contributed by atoms with Gasteiger partial charge in [0.25, 0.3) is 0 Å². The predicted molar refractivity (Wildman–Crippen MR) is 390 cm³/mol. The first-order valence-corrected chi connectivity index (χ1v) is 35.3. The van der Waals surface area contributed by atoms with Crippen molar-refractivity contribution in [3.8, 4) is 40.2 Å². The van der Waals surface area contributed by atoms with Crippen LogP contribution in [-0.4, -0.2) is 93.0 Å². The Hall–Kier alpha value is -6.24. The van der Waals surface area contributed by atoms with Crippen LogP contribution in [0.15, 0.2) is 114 Å². The summed E-state index contributed by atoms with van der Waals surface area (Å²) in [5.41, 5.74) is -5.02. The second-order valence-corrected chi connectivity index (χ2v) is 26.6. The van der Waals surface area contributed by atoms with E-state index in [1.165, 1.54) is 83.5 Å². The average molecular weight is 1780 g/mol. The van der Waals surface area contributed by atoms with Gasteiger partial charge >= 0.3 is 60.5 Å². The van der Waals surface area contributed by atoms with Crippen molar-refractivity contribution in [2.24, 2.45) is 35.5 Å². The molecule has 0 spiro atoms. The van der Waals surface area contributed by atoms with Gasteiger partial charge in [0, 0.05) is 47.2 Å². The molecule has 3 fully saturated rings. The van der Waals surface area contributed by atoms with Crippen LogP contribution in [-0.2, 0) is 27.8 Å². The van der Waals surface area contributed by atoms with Gasteiger partial charge < -0.3 is 71.7 Å². The van der Waals surface area contributed by atoms with Crippen molar-refractivity contribution in [3.63, 3.8) is 0 Å². The summed E-state index contributed by atoms with van der Waals surface area (Å²) in [5.74, 6) is -10.1. The Labute approximate surface area is 688 Å². The fraction of sp³-hybridized carbons (Fsp3) is 0.532. The van der Waals surface area contributed by atoms with Gasteiger partial charge in [0.2, 0.25) is 0 Å². The molecule has 2 N–H and O–H groups in total. The van der Waals surface area contributed by atoms with Gasteiger partial charge in [-0.05, 0) is 134 Å². The summed E-state index contributed by atoms with van der Waals surface area (Å²) in [4.78, 5) is 0. The molecule has 2 saturated carbocycles. The summed E-state index contributed by atoms with van der Waals surface area (Å²) in [5, 5.41) is 18.0. The molecule has 36 heteroatoms. The van der Waals surface area contributed by atoms with Crippen LogP contribution in [0.2, 0.25) is 0 Å². The number of halogens is 24. The maximum absolute atomic E-state index is 14.7. The van der Waals surface area contributed by atoms with E-state index < -0.39 is 137 Å². The number of hydrogen-bond acceptors (Lipinski definition) is 11. The standard InChI is InChI=1S/C29H33F7O4.C15H9F7O3.C14H6BrF7O2.C14H28O2.C3H7.CH3F.3CH4.ClH.Mg/c1-2-3-18-4-6-19(7-5-18)8-9-20-16-37-27(38-17-20)21-14-24(30)26(25(31)15-21)28(32,33)39-22-10-12-23(13-11-22)40-29(34,35)36;1-23-10-6-11(16)13(12(17)7-10)14(18,19)24-8-2-4-9(5-3-8)25-15(20,21)22;15-7-5-10(16)12(11(17)6-7)13(18,19)23-8-1-3-9(4-2-8)24-14(20,21)22;1-2-3-12-4-6-13(7-5-12)8-9-14(10-15)11-16;1-3-2;1-2;;;;;/h10-15,18-20,27H,2-9,16-17H2,1H3;2-7H,1H3;1-6H;12-16H,2-11H2,1H3;3H,1-2H3;1H3;3*1H4;1H;/q;;;;-1;;;;;;+2/p-1/i;;;;;1D;;;;;. The topological polar surface area (TPSA) is 124 Å². The number of ether oxygens (including phenoxy) is 9. The summed E-state index contributed by atoms with van der Waals surface area (Å²) in [6.45, 7) is 9.43. The van der Waals surface area contributed by atoms with Gasteiger partial charge in [0.1, 0.15) is 91.8 Å². The molecule has 0 aromatic heterocycles. The fourth-order valence-corrected chi connectivity index (χ4v) is 12.4. The van der Waals surface area contributed by atoms with Crippen LogP contribution in [0, 0.1) is 76.8 Å². The average Bonchev–Trinajstić information content (AvgIpc) is 0.781. The number of hydrogen-bond donors (Lipinski definition) is 2. The summed E-state index contributed by atoms with van der Waals surface area (Å²) < 4.78 is 333. The third kappa shape index (κ3) is 39.0. The maximum Gasteiger partial charge on any atom is 2.00 e. The molecule has 6 aromatic carbocycles. The largest absolute Gasteiger partial charge is 2.00 e. The number of aliphatic hydroxyl groups is 2. The number of benzene rings is 6. The Morgan fingerprint density at radius 2 is 0.678 bits per heavy atom. The van der Waals surface area contributed by atoms with Gasteiger partial charge in [-0.2, -0.15) is 40.2 Å². The van der Waals surface area contributed by atoms with E-state index >= 15 is 0 Å². The number of aliphatic hydroxyl groups excluding tert-OH is 2. The van der Waals surface area contributed by atoms with E-state index in [1.807, 2.05) is 20.3 Å². The van der Waals surface area contributed by atoms with Crippen LogP contribution in [0.1, 0.15) is 183 Å². The van der Waals surface area contributed by atoms with E-state index in [9.17, 15) is 96.6 Å². The molecule has 9 rings (SSSR count). The van der Waals surface area contributed by atoms with Gasteiger partial charge in [-0.3, -0.25) is 4.39 Å². The van der Waals surface area contributed by atoms with Gasteiger partial charge in [0.05, 0.1) is 28.8 Å². The third-order valence-corrected chi connectivity index (χ3v) is 17.6.